The molecule has 1 atom stereocenters. The molecule has 1 unspecified atom stereocenters. The van der Waals surface area contributed by atoms with Gasteiger partial charge in [0.15, 0.2) is 0 Å². The van der Waals surface area contributed by atoms with Crippen LogP contribution in [-0.2, 0) is 4.79 Å². The Hall–Kier alpha value is -1.66. The number of nitrogens with one attached hydrogen (secondary N) is 2. The van der Waals surface area contributed by atoms with E-state index in [1.54, 1.807) is 6.07 Å². The van der Waals surface area contributed by atoms with Gasteiger partial charge in [0, 0.05) is 18.3 Å². The predicted octanol–water partition coefficient (Wildman–Crippen LogP) is 2.19. The second-order valence-electron chi connectivity index (χ2n) is 4.86. The summed E-state index contributed by atoms with van der Waals surface area (Å²) in [5.74, 6) is -0.144. The number of nitrogens with zero attached hydrogens (tertiary/aromatic N) is 1. The van der Waals surface area contributed by atoms with Crippen molar-refractivity contribution in [3.8, 4) is 0 Å². The molecule has 102 valence electrons. The molecule has 1 aromatic rings. The minimum atomic E-state index is -0.573. The maximum atomic E-state index is 12.1. The highest BCUT2D eigenvalue weighted by Crippen LogP contribution is 2.30. The summed E-state index contributed by atoms with van der Waals surface area (Å²) < 4.78 is 0. The zero-order valence-electron chi connectivity index (χ0n) is 10.4. The van der Waals surface area contributed by atoms with E-state index in [-0.39, 0.29) is 16.6 Å². The van der Waals surface area contributed by atoms with Gasteiger partial charge in [0.25, 0.3) is 5.69 Å². The molecule has 0 radical (unpaired) electrons. The molecule has 1 aromatic carbocycles. The summed E-state index contributed by atoms with van der Waals surface area (Å²) >= 11 is 5.72. The third-order valence-electron chi connectivity index (χ3n) is 3.32. The third-order valence-corrected chi connectivity index (χ3v) is 3.64. The van der Waals surface area contributed by atoms with E-state index in [4.69, 9.17) is 11.6 Å². The number of nitro groups is 1. The average Bonchev–Trinajstić information content (AvgIpc) is 2.79. The number of rotatable bonds is 3. The number of benzene rings is 1. The third kappa shape index (κ3) is 2.85. The molecule has 7 heteroatoms. The lowest BCUT2D eigenvalue weighted by Gasteiger charge is -2.21. The Morgan fingerprint density at radius 3 is 2.89 bits per heavy atom. The number of halogens is 1. The Balaban J connectivity index is 2.17. The molecule has 1 saturated heterocycles. The molecule has 1 aliphatic rings. The van der Waals surface area contributed by atoms with Gasteiger partial charge >= 0.3 is 0 Å². The van der Waals surface area contributed by atoms with E-state index in [1.807, 2.05) is 6.92 Å². The van der Waals surface area contributed by atoms with Gasteiger partial charge in [0.05, 0.1) is 10.3 Å². The zero-order chi connectivity index (χ0) is 14.0. The standard InChI is InChI=1S/C12H14ClN3O3/c1-12(4-5-14-7-12)11(17)15-8-2-3-9(13)10(6-8)16(18)19/h2-3,6,14H,4-5,7H2,1H3,(H,15,17). The van der Waals surface area contributed by atoms with Crippen LogP contribution in [-0.4, -0.2) is 23.9 Å². The van der Waals surface area contributed by atoms with Crippen LogP contribution in [0.1, 0.15) is 13.3 Å². The molecule has 2 rings (SSSR count). The number of hydrogen-bond acceptors (Lipinski definition) is 4. The van der Waals surface area contributed by atoms with Crippen LogP contribution in [0.3, 0.4) is 0 Å². The molecule has 6 nitrogen and oxygen atoms in total. The van der Waals surface area contributed by atoms with E-state index in [0.29, 0.717) is 12.2 Å². The summed E-state index contributed by atoms with van der Waals surface area (Å²) in [5.41, 5.74) is -0.308. The molecular formula is C12H14ClN3O3. The highest BCUT2D eigenvalue weighted by Gasteiger charge is 2.36. The number of nitro benzene ring substituents is 1. The Bertz CT molecular complexity index is 527. The lowest BCUT2D eigenvalue weighted by Crippen LogP contribution is -2.35. The van der Waals surface area contributed by atoms with Crippen molar-refractivity contribution in [1.29, 1.82) is 0 Å². The van der Waals surface area contributed by atoms with Crippen molar-refractivity contribution in [2.75, 3.05) is 18.4 Å². The SMILES string of the molecule is CC1(C(=O)Nc2ccc(Cl)c([N+](=O)[O-])c2)CCNC1. The van der Waals surface area contributed by atoms with Crippen LogP contribution in [0, 0.1) is 15.5 Å². The van der Waals surface area contributed by atoms with E-state index >= 15 is 0 Å². The maximum Gasteiger partial charge on any atom is 0.289 e. The minimum absolute atomic E-state index is 0.0525. The van der Waals surface area contributed by atoms with E-state index < -0.39 is 10.3 Å². The maximum absolute atomic E-state index is 12.1. The number of hydrogen-bond donors (Lipinski definition) is 2. The Labute approximate surface area is 115 Å². The fourth-order valence-corrected chi connectivity index (χ4v) is 2.21. The summed E-state index contributed by atoms with van der Waals surface area (Å²) in [6.45, 7) is 3.27. The quantitative estimate of drug-likeness (QED) is 0.658. The van der Waals surface area contributed by atoms with E-state index in [1.165, 1.54) is 12.1 Å². The largest absolute Gasteiger partial charge is 0.325 e. The molecule has 0 aliphatic carbocycles. The van der Waals surface area contributed by atoms with Gasteiger partial charge < -0.3 is 10.6 Å². The molecular weight excluding hydrogens is 270 g/mol. The highest BCUT2D eigenvalue weighted by molar-refractivity contribution is 6.32. The lowest BCUT2D eigenvalue weighted by molar-refractivity contribution is -0.384. The minimum Gasteiger partial charge on any atom is -0.325 e. The molecule has 1 amide bonds. The molecule has 2 N–H and O–H groups in total. The first-order valence-corrected chi connectivity index (χ1v) is 6.26. The van der Waals surface area contributed by atoms with E-state index in [2.05, 4.69) is 10.6 Å². The average molecular weight is 284 g/mol. The van der Waals surface area contributed by atoms with Crippen LogP contribution in [0.4, 0.5) is 11.4 Å². The summed E-state index contributed by atoms with van der Waals surface area (Å²) in [6.07, 6.45) is 0.745. The van der Waals surface area contributed by atoms with Gasteiger partial charge in [-0.3, -0.25) is 14.9 Å². The monoisotopic (exact) mass is 283 g/mol. The second-order valence-corrected chi connectivity index (χ2v) is 5.27. The molecule has 0 spiro atoms. The van der Waals surface area contributed by atoms with Crippen molar-refractivity contribution >= 4 is 28.9 Å². The smallest absolute Gasteiger partial charge is 0.289 e. The number of carbonyl (C=O) groups excluding carboxylic acids is 1. The molecule has 1 fully saturated rings. The molecule has 0 saturated carbocycles. The van der Waals surface area contributed by atoms with Gasteiger partial charge in [-0.1, -0.05) is 11.6 Å². The number of carbonyl (C=O) groups is 1. The fraction of sp³-hybridized carbons (Fsp3) is 0.417. The predicted molar refractivity (Wildman–Crippen MR) is 72.3 cm³/mol. The van der Waals surface area contributed by atoms with Crippen LogP contribution >= 0.6 is 11.6 Å². The molecule has 0 bridgehead atoms. The molecule has 1 aliphatic heterocycles. The second kappa shape index (κ2) is 5.14. The Morgan fingerprint density at radius 2 is 2.32 bits per heavy atom. The van der Waals surface area contributed by atoms with Gasteiger partial charge in [-0.2, -0.15) is 0 Å². The van der Waals surface area contributed by atoms with Crippen LogP contribution in [0.15, 0.2) is 18.2 Å². The number of anilines is 1. The van der Waals surface area contributed by atoms with Crippen LogP contribution in [0.25, 0.3) is 0 Å². The van der Waals surface area contributed by atoms with Gasteiger partial charge in [-0.25, -0.2) is 0 Å². The molecule has 19 heavy (non-hydrogen) atoms. The Kier molecular flexibility index (Phi) is 3.73. The summed E-state index contributed by atoms with van der Waals surface area (Å²) in [7, 11) is 0. The van der Waals surface area contributed by atoms with Crippen molar-refractivity contribution in [2.24, 2.45) is 5.41 Å². The normalized spacial score (nSPS) is 22.2. The summed E-state index contributed by atoms with van der Waals surface area (Å²) in [6, 6.07) is 4.23. The first kappa shape index (κ1) is 13.8. The van der Waals surface area contributed by atoms with Crippen molar-refractivity contribution < 1.29 is 9.72 Å². The van der Waals surface area contributed by atoms with E-state index in [0.717, 1.165) is 13.0 Å². The fourth-order valence-electron chi connectivity index (χ4n) is 2.02. The van der Waals surface area contributed by atoms with Crippen LogP contribution < -0.4 is 10.6 Å². The lowest BCUT2D eigenvalue weighted by atomic mass is 9.89. The van der Waals surface area contributed by atoms with Gasteiger partial charge in [0.2, 0.25) is 5.91 Å². The van der Waals surface area contributed by atoms with Crippen molar-refractivity contribution in [1.82, 2.24) is 5.32 Å². The molecule has 1 heterocycles. The van der Waals surface area contributed by atoms with Crippen molar-refractivity contribution in [3.63, 3.8) is 0 Å². The number of amides is 1. The first-order chi connectivity index (χ1) is 8.92. The van der Waals surface area contributed by atoms with Crippen LogP contribution in [0.2, 0.25) is 5.02 Å². The van der Waals surface area contributed by atoms with Gasteiger partial charge in [0.1, 0.15) is 5.02 Å². The van der Waals surface area contributed by atoms with Crippen molar-refractivity contribution in [3.05, 3.63) is 33.3 Å². The summed E-state index contributed by atoms with van der Waals surface area (Å²) in [5, 5.41) is 16.7. The summed E-state index contributed by atoms with van der Waals surface area (Å²) in [4.78, 5) is 22.4. The van der Waals surface area contributed by atoms with Gasteiger partial charge in [-0.05, 0) is 32.0 Å². The topological polar surface area (TPSA) is 84.3 Å². The first-order valence-electron chi connectivity index (χ1n) is 5.88. The Morgan fingerprint density at radius 1 is 1.58 bits per heavy atom. The highest BCUT2D eigenvalue weighted by atomic mass is 35.5. The zero-order valence-corrected chi connectivity index (χ0v) is 11.2. The van der Waals surface area contributed by atoms with E-state index in [9.17, 15) is 14.9 Å². The van der Waals surface area contributed by atoms with Crippen molar-refractivity contribution in [2.45, 2.75) is 13.3 Å². The van der Waals surface area contributed by atoms with Crippen LogP contribution in [0.5, 0.6) is 0 Å². The molecule has 0 aromatic heterocycles. The van der Waals surface area contributed by atoms with Gasteiger partial charge in [-0.15, -0.1) is 0 Å².